The first kappa shape index (κ1) is 16.8. The Kier molecular flexibility index (Phi) is 6.21. The molecule has 2 amide bonds. The number of aliphatic hydroxyl groups excluding tert-OH is 1. The van der Waals surface area contributed by atoms with Gasteiger partial charge in [-0.25, -0.2) is 4.79 Å². The second kappa shape index (κ2) is 8.15. The van der Waals surface area contributed by atoms with Crippen molar-refractivity contribution in [3.63, 3.8) is 0 Å². The summed E-state index contributed by atoms with van der Waals surface area (Å²) in [5, 5.41) is 12.1. The summed E-state index contributed by atoms with van der Waals surface area (Å²) in [6.45, 7) is 6.17. The molecule has 0 spiro atoms. The largest absolute Gasteiger partial charge is 0.396 e. The molecule has 1 unspecified atom stereocenters. The van der Waals surface area contributed by atoms with E-state index in [1.807, 2.05) is 12.1 Å². The lowest BCUT2D eigenvalue weighted by Crippen LogP contribution is -2.38. The summed E-state index contributed by atoms with van der Waals surface area (Å²) in [5.74, 6) is 0.235. The van der Waals surface area contributed by atoms with Crippen LogP contribution in [0.15, 0.2) is 24.3 Å². The molecule has 1 fully saturated rings. The van der Waals surface area contributed by atoms with E-state index in [0.29, 0.717) is 13.1 Å². The molecule has 1 atom stereocenters. The molecule has 2 N–H and O–H groups in total. The number of urea groups is 1. The van der Waals surface area contributed by atoms with Gasteiger partial charge in [0.15, 0.2) is 0 Å². The Morgan fingerprint density at radius 1 is 1.45 bits per heavy atom. The van der Waals surface area contributed by atoms with Crippen LogP contribution >= 0.6 is 0 Å². The number of carbonyl (C=O) groups is 1. The molecule has 1 aromatic rings. The van der Waals surface area contributed by atoms with Crippen molar-refractivity contribution in [2.45, 2.75) is 26.4 Å². The van der Waals surface area contributed by atoms with Gasteiger partial charge in [0.05, 0.1) is 0 Å². The second-order valence-corrected chi connectivity index (χ2v) is 6.09. The Bertz CT molecular complexity index is 493. The van der Waals surface area contributed by atoms with Crippen molar-refractivity contribution in [1.29, 1.82) is 0 Å². The number of amides is 2. The van der Waals surface area contributed by atoms with Crippen molar-refractivity contribution in [3.05, 3.63) is 35.4 Å². The van der Waals surface area contributed by atoms with E-state index in [0.717, 1.165) is 31.6 Å². The minimum absolute atomic E-state index is 0.0352. The third kappa shape index (κ3) is 4.71. The number of carbonyl (C=O) groups excluding carboxylic acids is 1. The number of benzene rings is 1. The van der Waals surface area contributed by atoms with Crippen LogP contribution in [0, 0.1) is 5.92 Å². The summed E-state index contributed by atoms with van der Waals surface area (Å²) in [5.41, 5.74) is 2.38. The normalized spacial score (nSPS) is 18.0. The molecular weight excluding hydrogens is 278 g/mol. The fraction of sp³-hybridized carbons (Fsp3) is 0.588. The van der Waals surface area contributed by atoms with Gasteiger partial charge in [0.2, 0.25) is 0 Å². The van der Waals surface area contributed by atoms with Crippen LogP contribution in [0.25, 0.3) is 0 Å². The number of aliphatic hydroxyl groups is 1. The van der Waals surface area contributed by atoms with Crippen LogP contribution in [-0.4, -0.2) is 54.2 Å². The van der Waals surface area contributed by atoms with Gasteiger partial charge in [-0.15, -0.1) is 0 Å². The zero-order valence-corrected chi connectivity index (χ0v) is 13.6. The quantitative estimate of drug-likeness (QED) is 0.840. The average Bonchev–Trinajstić information content (AvgIpc) is 3.02. The Morgan fingerprint density at radius 3 is 2.91 bits per heavy atom. The molecule has 22 heavy (non-hydrogen) atoms. The van der Waals surface area contributed by atoms with Crippen LogP contribution in [0.3, 0.4) is 0 Å². The van der Waals surface area contributed by atoms with E-state index in [1.165, 1.54) is 5.56 Å². The summed E-state index contributed by atoms with van der Waals surface area (Å²) in [6.07, 6.45) is 0.892. The highest BCUT2D eigenvalue weighted by Gasteiger charge is 2.25. The van der Waals surface area contributed by atoms with Crippen molar-refractivity contribution in [2.75, 3.05) is 33.3 Å². The van der Waals surface area contributed by atoms with E-state index in [2.05, 4.69) is 36.3 Å². The van der Waals surface area contributed by atoms with Crippen molar-refractivity contribution < 1.29 is 9.90 Å². The number of nitrogens with one attached hydrogen (secondary N) is 1. The number of likely N-dealkylation sites (tertiary alicyclic amines) is 1. The van der Waals surface area contributed by atoms with E-state index in [1.54, 1.807) is 4.90 Å². The average molecular weight is 305 g/mol. The van der Waals surface area contributed by atoms with Crippen LogP contribution in [0.4, 0.5) is 4.79 Å². The highest BCUT2D eigenvalue weighted by molar-refractivity contribution is 5.74. The predicted octanol–water partition coefficient (Wildman–Crippen LogP) is 1.66. The topological polar surface area (TPSA) is 55.8 Å². The fourth-order valence-corrected chi connectivity index (χ4v) is 2.72. The molecule has 1 aliphatic heterocycles. The lowest BCUT2D eigenvalue weighted by molar-refractivity contribution is 0.198. The first-order valence-electron chi connectivity index (χ1n) is 8.02. The fourth-order valence-electron chi connectivity index (χ4n) is 2.72. The van der Waals surface area contributed by atoms with Crippen LogP contribution in [0.2, 0.25) is 0 Å². The van der Waals surface area contributed by atoms with Crippen molar-refractivity contribution in [3.8, 4) is 0 Å². The van der Waals surface area contributed by atoms with Crippen LogP contribution in [0.5, 0.6) is 0 Å². The molecule has 1 aromatic carbocycles. The van der Waals surface area contributed by atoms with E-state index < -0.39 is 0 Å². The SMILES string of the molecule is CCN(C)Cc1cccc(CNC(=O)N2CCC(CO)C2)c1. The van der Waals surface area contributed by atoms with Gasteiger partial charge in [0.1, 0.15) is 0 Å². The van der Waals surface area contributed by atoms with Gasteiger partial charge in [-0.3, -0.25) is 0 Å². The minimum atomic E-state index is -0.0352. The zero-order chi connectivity index (χ0) is 15.9. The molecule has 5 heteroatoms. The lowest BCUT2D eigenvalue weighted by Gasteiger charge is -2.18. The van der Waals surface area contributed by atoms with Crippen LogP contribution < -0.4 is 5.32 Å². The van der Waals surface area contributed by atoms with Gasteiger partial charge in [-0.05, 0) is 31.1 Å². The Labute approximate surface area is 132 Å². The predicted molar refractivity (Wildman–Crippen MR) is 87.5 cm³/mol. The first-order chi connectivity index (χ1) is 10.6. The Morgan fingerprint density at radius 2 is 2.23 bits per heavy atom. The third-order valence-electron chi connectivity index (χ3n) is 4.26. The molecule has 122 valence electrons. The standard InChI is InChI=1S/C17H27N3O2/c1-3-19(2)11-15-6-4-5-14(9-15)10-18-17(22)20-8-7-16(12-20)13-21/h4-6,9,16,21H,3,7-8,10-13H2,1-2H3,(H,18,22). The highest BCUT2D eigenvalue weighted by Crippen LogP contribution is 2.15. The van der Waals surface area contributed by atoms with Crippen LogP contribution in [0.1, 0.15) is 24.5 Å². The highest BCUT2D eigenvalue weighted by atomic mass is 16.3. The molecule has 2 rings (SSSR count). The van der Waals surface area contributed by atoms with E-state index >= 15 is 0 Å². The minimum Gasteiger partial charge on any atom is -0.396 e. The van der Waals surface area contributed by atoms with Gasteiger partial charge < -0.3 is 20.2 Å². The molecule has 0 bridgehead atoms. The summed E-state index contributed by atoms with van der Waals surface area (Å²) in [6, 6.07) is 8.30. The summed E-state index contributed by atoms with van der Waals surface area (Å²) >= 11 is 0. The van der Waals surface area contributed by atoms with Crippen molar-refractivity contribution >= 4 is 6.03 Å². The van der Waals surface area contributed by atoms with E-state index in [9.17, 15) is 4.79 Å². The van der Waals surface area contributed by atoms with Gasteiger partial charge in [0.25, 0.3) is 0 Å². The molecule has 1 saturated heterocycles. The smallest absolute Gasteiger partial charge is 0.317 e. The molecule has 0 radical (unpaired) electrons. The summed E-state index contributed by atoms with van der Waals surface area (Å²) in [4.78, 5) is 16.1. The number of rotatable bonds is 6. The number of hydrogen-bond donors (Lipinski definition) is 2. The third-order valence-corrected chi connectivity index (χ3v) is 4.26. The van der Waals surface area contributed by atoms with E-state index in [4.69, 9.17) is 5.11 Å². The maximum atomic E-state index is 12.1. The number of nitrogens with zero attached hydrogens (tertiary/aromatic N) is 2. The maximum Gasteiger partial charge on any atom is 0.317 e. The Hall–Kier alpha value is -1.59. The lowest BCUT2D eigenvalue weighted by atomic mass is 10.1. The van der Waals surface area contributed by atoms with Gasteiger partial charge in [-0.2, -0.15) is 0 Å². The molecule has 0 saturated carbocycles. The van der Waals surface area contributed by atoms with Gasteiger partial charge >= 0.3 is 6.03 Å². The molecule has 0 aliphatic carbocycles. The zero-order valence-electron chi connectivity index (χ0n) is 13.6. The van der Waals surface area contributed by atoms with Gasteiger partial charge in [-0.1, -0.05) is 31.2 Å². The molecule has 1 heterocycles. The van der Waals surface area contributed by atoms with Gasteiger partial charge in [0, 0.05) is 38.7 Å². The molecule has 5 nitrogen and oxygen atoms in total. The van der Waals surface area contributed by atoms with Crippen LogP contribution in [-0.2, 0) is 13.1 Å². The van der Waals surface area contributed by atoms with E-state index in [-0.39, 0.29) is 18.6 Å². The molecule has 1 aliphatic rings. The molecule has 0 aromatic heterocycles. The maximum absolute atomic E-state index is 12.1. The Balaban J connectivity index is 1.83. The van der Waals surface area contributed by atoms with Crippen molar-refractivity contribution in [1.82, 2.24) is 15.1 Å². The summed E-state index contributed by atoms with van der Waals surface area (Å²) in [7, 11) is 2.10. The van der Waals surface area contributed by atoms with Crippen molar-refractivity contribution in [2.24, 2.45) is 5.92 Å². The number of hydrogen-bond acceptors (Lipinski definition) is 3. The monoisotopic (exact) mass is 305 g/mol. The first-order valence-corrected chi connectivity index (χ1v) is 8.02. The molecular formula is C17H27N3O2. The summed E-state index contributed by atoms with van der Waals surface area (Å²) < 4.78 is 0. The second-order valence-electron chi connectivity index (χ2n) is 6.09.